The van der Waals surface area contributed by atoms with Crippen LogP contribution in [-0.4, -0.2) is 17.7 Å². The molecule has 2 aromatic rings. The fourth-order valence-electron chi connectivity index (χ4n) is 4.83. The molecule has 0 unspecified atom stereocenters. The molecule has 0 bridgehead atoms. The lowest BCUT2D eigenvalue weighted by Gasteiger charge is -2.22. The van der Waals surface area contributed by atoms with Crippen molar-refractivity contribution < 1.29 is 14.4 Å². The van der Waals surface area contributed by atoms with Crippen LogP contribution in [0.1, 0.15) is 48.7 Å². The minimum Gasteiger partial charge on any atom is -0.321 e. The van der Waals surface area contributed by atoms with E-state index in [2.05, 4.69) is 19.2 Å². The van der Waals surface area contributed by atoms with Crippen molar-refractivity contribution in [3.8, 4) is 0 Å². The molecule has 31 heavy (non-hydrogen) atoms. The molecule has 0 aromatic heterocycles. The average molecular weight is 417 g/mol. The predicted molar refractivity (Wildman–Crippen MR) is 122 cm³/mol. The summed E-state index contributed by atoms with van der Waals surface area (Å²) in [4.78, 5) is 41.0. The van der Waals surface area contributed by atoms with Crippen molar-refractivity contribution in [2.75, 3.05) is 10.2 Å². The number of para-hydroxylation sites is 2. The molecule has 0 radical (unpaired) electrons. The van der Waals surface area contributed by atoms with Gasteiger partial charge in [0.05, 0.1) is 23.1 Å². The van der Waals surface area contributed by atoms with Gasteiger partial charge in [-0.05, 0) is 48.4 Å². The van der Waals surface area contributed by atoms with Gasteiger partial charge in [0.1, 0.15) is 0 Å². The molecule has 1 saturated heterocycles. The van der Waals surface area contributed by atoms with Gasteiger partial charge in [0.25, 0.3) is 5.91 Å². The first-order valence-electron chi connectivity index (χ1n) is 11.0. The number of amides is 3. The topological polar surface area (TPSA) is 66.5 Å². The van der Waals surface area contributed by atoms with Crippen molar-refractivity contribution >= 4 is 29.1 Å². The maximum atomic E-state index is 13.3. The fraction of sp³-hybridized carbons (Fsp3) is 0.346. The summed E-state index contributed by atoms with van der Waals surface area (Å²) in [6.07, 6.45) is 6.13. The highest BCUT2D eigenvalue weighted by Crippen LogP contribution is 2.41. The monoisotopic (exact) mass is 416 g/mol. The summed E-state index contributed by atoms with van der Waals surface area (Å²) in [6, 6.07) is 12.9. The number of hydrogen-bond donors (Lipinski definition) is 1. The number of carbonyl (C=O) groups excluding carboxylic acids is 3. The number of nitrogens with one attached hydrogen (secondary N) is 1. The number of allylic oxidation sites excluding steroid dienone is 2. The number of nitrogens with zero attached hydrogens (tertiary/aromatic N) is 1. The van der Waals surface area contributed by atoms with E-state index in [9.17, 15) is 14.4 Å². The Morgan fingerprint density at radius 1 is 1.00 bits per heavy atom. The number of aryl methyl sites for hydroxylation is 2. The highest BCUT2D eigenvalue weighted by Gasteiger charge is 2.51. The van der Waals surface area contributed by atoms with Gasteiger partial charge in [0, 0.05) is 5.69 Å². The Labute approximate surface area is 183 Å². The zero-order valence-corrected chi connectivity index (χ0v) is 18.2. The van der Waals surface area contributed by atoms with Crippen LogP contribution < -0.4 is 10.2 Å². The SMILES string of the molecule is CCc1cccc(CC)c1NC(=O)c1ccccc1N1C(=O)[C@@H]2[C@H](CC=C[C@@H]2C)C1=O. The average Bonchev–Trinajstić information content (AvgIpc) is 3.04. The van der Waals surface area contributed by atoms with E-state index in [1.807, 2.05) is 37.3 Å². The van der Waals surface area contributed by atoms with Gasteiger partial charge in [0.2, 0.25) is 11.8 Å². The Hall–Kier alpha value is -3.21. The summed E-state index contributed by atoms with van der Waals surface area (Å²) >= 11 is 0. The number of anilines is 2. The summed E-state index contributed by atoms with van der Waals surface area (Å²) in [5, 5.41) is 3.06. The van der Waals surface area contributed by atoms with E-state index in [4.69, 9.17) is 0 Å². The van der Waals surface area contributed by atoms with Crippen molar-refractivity contribution in [1.29, 1.82) is 0 Å². The molecule has 0 spiro atoms. The lowest BCUT2D eigenvalue weighted by atomic mass is 9.78. The molecule has 0 saturated carbocycles. The largest absolute Gasteiger partial charge is 0.321 e. The summed E-state index contributed by atoms with van der Waals surface area (Å²) in [5.41, 5.74) is 3.63. The van der Waals surface area contributed by atoms with Gasteiger partial charge in [-0.1, -0.05) is 63.3 Å². The minimum absolute atomic E-state index is 0.00438. The Balaban J connectivity index is 1.70. The summed E-state index contributed by atoms with van der Waals surface area (Å²) in [6.45, 7) is 6.07. The molecule has 5 nitrogen and oxygen atoms in total. The first-order valence-corrected chi connectivity index (χ1v) is 11.0. The van der Waals surface area contributed by atoms with Crippen LogP contribution in [0.2, 0.25) is 0 Å². The van der Waals surface area contributed by atoms with E-state index < -0.39 is 0 Å². The number of imide groups is 1. The molecular formula is C26H28N2O3. The second-order valence-electron chi connectivity index (χ2n) is 8.30. The van der Waals surface area contributed by atoms with E-state index >= 15 is 0 Å². The molecule has 160 valence electrons. The predicted octanol–water partition coefficient (Wildman–Crippen LogP) is 4.77. The van der Waals surface area contributed by atoms with Crippen LogP contribution in [-0.2, 0) is 22.4 Å². The van der Waals surface area contributed by atoms with Crippen LogP contribution in [0.5, 0.6) is 0 Å². The summed E-state index contributed by atoms with van der Waals surface area (Å²) < 4.78 is 0. The van der Waals surface area contributed by atoms with Gasteiger partial charge in [-0.3, -0.25) is 14.4 Å². The van der Waals surface area contributed by atoms with E-state index in [0.29, 0.717) is 17.7 Å². The second-order valence-corrected chi connectivity index (χ2v) is 8.30. The van der Waals surface area contributed by atoms with Crippen LogP contribution in [0.15, 0.2) is 54.6 Å². The normalized spacial score (nSPS) is 22.5. The van der Waals surface area contributed by atoms with Crippen LogP contribution in [0.4, 0.5) is 11.4 Å². The van der Waals surface area contributed by atoms with Gasteiger partial charge in [0.15, 0.2) is 0 Å². The molecule has 1 aliphatic carbocycles. The zero-order valence-electron chi connectivity index (χ0n) is 18.2. The molecule has 2 aliphatic rings. The Bertz CT molecular complexity index is 1050. The highest BCUT2D eigenvalue weighted by molar-refractivity contribution is 6.25. The summed E-state index contributed by atoms with van der Waals surface area (Å²) in [7, 11) is 0. The molecule has 2 aromatic carbocycles. The Morgan fingerprint density at radius 2 is 1.68 bits per heavy atom. The van der Waals surface area contributed by atoms with Crippen molar-refractivity contribution in [3.05, 3.63) is 71.3 Å². The third-order valence-electron chi connectivity index (χ3n) is 6.50. The molecule has 1 N–H and O–H groups in total. The van der Waals surface area contributed by atoms with Gasteiger partial charge < -0.3 is 5.32 Å². The molecule has 1 fully saturated rings. The van der Waals surface area contributed by atoms with Crippen LogP contribution >= 0.6 is 0 Å². The Kier molecular flexibility index (Phi) is 5.77. The quantitative estimate of drug-likeness (QED) is 0.564. The molecule has 4 rings (SSSR count). The third-order valence-corrected chi connectivity index (χ3v) is 6.50. The molecule has 5 heteroatoms. The third kappa shape index (κ3) is 3.58. The van der Waals surface area contributed by atoms with Crippen molar-refractivity contribution in [1.82, 2.24) is 0 Å². The maximum absolute atomic E-state index is 13.3. The highest BCUT2D eigenvalue weighted by atomic mass is 16.2. The Morgan fingerprint density at radius 3 is 2.32 bits per heavy atom. The molecule has 3 amide bonds. The second kappa shape index (κ2) is 8.50. The minimum atomic E-state index is -0.360. The lowest BCUT2D eigenvalue weighted by molar-refractivity contribution is -0.122. The van der Waals surface area contributed by atoms with E-state index in [1.54, 1.807) is 24.3 Å². The van der Waals surface area contributed by atoms with Crippen LogP contribution in [0, 0.1) is 17.8 Å². The standard InChI is InChI=1S/C26H28N2O3/c1-4-17-11-9-12-18(5-2)23(17)27-24(29)19-13-6-7-15-21(19)28-25(30)20-14-8-10-16(3)22(20)26(28)31/h6-13,15-16,20,22H,4-5,14H2,1-3H3,(H,27,29)/t16-,20-,22-/m0/s1. The summed E-state index contributed by atoms with van der Waals surface area (Å²) in [5.74, 6) is -1.44. The van der Waals surface area contributed by atoms with Crippen LogP contribution in [0.25, 0.3) is 0 Å². The van der Waals surface area contributed by atoms with Crippen molar-refractivity contribution in [2.45, 2.75) is 40.0 Å². The maximum Gasteiger partial charge on any atom is 0.257 e. The molecule has 3 atom stereocenters. The number of carbonyl (C=O) groups is 3. The van der Waals surface area contributed by atoms with E-state index in [-0.39, 0.29) is 35.5 Å². The first kappa shape index (κ1) is 21.0. The fourth-order valence-corrected chi connectivity index (χ4v) is 4.83. The smallest absolute Gasteiger partial charge is 0.257 e. The zero-order chi connectivity index (χ0) is 22.1. The van der Waals surface area contributed by atoms with E-state index in [0.717, 1.165) is 29.7 Å². The van der Waals surface area contributed by atoms with Gasteiger partial charge in [-0.2, -0.15) is 0 Å². The van der Waals surface area contributed by atoms with Gasteiger partial charge in [-0.15, -0.1) is 0 Å². The number of hydrogen-bond acceptors (Lipinski definition) is 3. The molecule has 1 heterocycles. The number of benzene rings is 2. The lowest BCUT2D eigenvalue weighted by Crippen LogP contribution is -2.33. The van der Waals surface area contributed by atoms with Crippen LogP contribution in [0.3, 0.4) is 0 Å². The number of rotatable bonds is 5. The number of fused-ring (bicyclic) bond motifs is 1. The van der Waals surface area contributed by atoms with Crippen molar-refractivity contribution in [2.24, 2.45) is 17.8 Å². The molecular weight excluding hydrogens is 388 g/mol. The van der Waals surface area contributed by atoms with Gasteiger partial charge in [-0.25, -0.2) is 4.90 Å². The van der Waals surface area contributed by atoms with Crippen molar-refractivity contribution in [3.63, 3.8) is 0 Å². The van der Waals surface area contributed by atoms with E-state index in [1.165, 1.54) is 4.90 Å². The van der Waals surface area contributed by atoms with Gasteiger partial charge >= 0.3 is 0 Å². The first-order chi connectivity index (χ1) is 15.0. The molecule has 1 aliphatic heterocycles.